The van der Waals surface area contributed by atoms with Crippen LogP contribution in [0.1, 0.15) is 44.1 Å². The van der Waals surface area contributed by atoms with Crippen LogP contribution in [0.4, 0.5) is 0 Å². The number of rotatable bonds is 7. The van der Waals surface area contributed by atoms with Gasteiger partial charge in [-0.25, -0.2) is 0 Å². The summed E-state index contributed by atoms with van der Waals surface area (Å²) in [5.74, 6) is -0.583. The Morgan fingerprint density at radius 1 is 1.30 bits per heavy atom. The third-order valence-corrected chi connectivity index (χ3v) is 5.55. The third-order valence-electron chi connectivity index (χ3n) is 5.05. The first-order valence-electron chi connectivity index (χ1n) is 10.1. The Hall–Kier alpha value is -2.92. The van der Waals surface area contributed by atoms with Crippen molar-refractivity contribution in [3.05, 3.63) is 46.1 Å². The molecule has 3 rings (SSSR count). The van der Waals surface area contributed by atoms with E-state index in [0.717, 1.165) is 35.7 Å². The number of halogens is 1. The minimum absolute atomic E-state index is 0.0414. The number of carbonyl (C=O) groups excluding carboxylic acids is 2. The van der Waals surface area contributed by atoms with Crippen molar-refractivity contribution in [3.63, 3.8) is 0 Å². The molecule has 156 valence electrons. The Morgan fingerprint density at radius 2 is 2.10 bits per heavy atom. The molecule has 3 N–H and O–H groups in total. The molecule has 1 aromatic carbocycles. The maximum Gasteiger partial charge on any atom is 0.261 e. The van der Waals surface area contributed by atoms with Gasteiger partial charge in [0.1, 0.15) is 11.6 Å². The number of H-pyrrole nitrogens is 1. The highest BCUT2D eigenvalue weighted by molar-refractivity contribution is 9.10. The van der Waals surface area contributed by atoms with Gasteiger partial charge in [0.2, 0.25) is 5.91 Å². The van der Waals surface area contributed by atoms with E-state index in [9.17, 15) is 14.9 Å². The van der Waals surface area contributed by atoms with E-state index in [-0.39, 0.29) is 30.5 Å². The minimum Gasteiger partial charge on any atom is -0.353 e. The lowest BCUT2D eigenvalue weighted by Gasteiger charge is -2.22. The van der Waals surface area contributed by atoms with Crippen LogP contribution in [0.2, 0.25) is 0 Å². The highest BCUT2D eigenvalue weighted by atomic mass is 79.9. The molecule has 0 spiro atoms. The molecule has 1 saturated carbocycles. The average Bonchev–Trinajstić information content (AvgIpc) is 3.21. The fourth-order valence-corrected chi connectivity index (χ4v) is 3.91. The van der Waals surface area contributed by atoms with Crippen molar-refractivity contribution in [2.24, 2.45) is 0 Å². The van der Waals surface area contributed by atoms with Crippen LogP contribution in [-0.2, 0) is 9.59 Å². The van der Waals surface area contributed by atoms with Crippen LogP contribution in [0.3, 0.4) is 0 Å². The average molecular weight is 470 g/mol. The largest absolute Gasteiger partial charge is 0.353 e. The molecule has 0 atom stereocenters. The number of amides is 2. The Morgan fingerprint density at radius 3 is 2.83 bits per heavy atom. The van der Waals surface area contributed by atoms with Crippen LogP contribution in [0, 0.1) is 11.3 Å². The lowest BCUT2D eigenvalue weighted by atomic mass is 9.95. The number of aromatic nitrogens is 2. The molecule has 7 nitrogen and oxygen atoms in total. The molecular formula is C22H24BrN5O2. The molecular weight excluding hydrogens is 446 g/mol. The number of nitrogens with one attached hydrogen (secondary N) is 3. The fraction of sp³-hybridized carbons (Fsp3) is 0.364. The van der Waals surface area contributed by atoms with Gasteiger partial charge in [0.05, 0.1) is 11.9 Å². The number of nitriles is 1. The molecule has 1 aromatic heterocycles. The summed E-state index contributed by atoms with van der Waals surface area (Å²) in [6.07, 6.45) is 8.81. The smallest absolute Gasteiger partial charge is 0.261 e. The van der Waals surface area contributed by atoms with Gasteiger partial charge in [-0.05, 0) is 31.1 Å². The quantitative estimate of drug-likeness (QED) is 0.423. The number of hydrogen-bond acceptors (Lipinski definition) is 4. The molecule has 1 aliphatic rings. The Bertz CT molecular complexity index is 970. The lowest BCUT2D eigenvalue weighted by Crippen LogP contribution is -2.38. The van der Waals surface area contributed by atoms with E-state index in [2.05, 4.69) is 36.8 Å². The zero-order valence-corrected chi connectivity index (χ0v) is 18.2. The van der Waals surface area contributed by atoms with E-state index in [0.29, 0.717) is 11.3 Å². The minimum atomic E-state index is -0.510. The molecule has 2 aromatic rings. The number of aromatic amines is 1. The van der Waals surface area contributed by atoms with Gasteiger partial charge >= 0.3 is 0 Å². The molecule has 0 radical (unpaired) electrons. The third kappa shape index (κ3) is 6.04. The summed E-state index contributed by atoms with van der Waals surface area (Å²) in [6, 6.07) is 9.81. The van der Waals surface area contributed by atoms with Gasteiger partial charge in [0, 0.05) is 34.6 Å². The Balaban J connectivity index is 1.57. The van der Waals surface area contributed by atoms with Crippen molar-refractivity contribution in [1.82, 2.24) is 20.8 Å². The topological polar surface area (TPSA) is 111 Å². The molecule has 30 heavy (non-hydrogen) atoms. The summed E-state index contributed by atoms with van der Waals surface area (Å²) in [5, 5.41) is 22.0. The molecule has 1 heterocycles. The van der Waals surface area contributed by atoms with E-state index in [1.807, 2.05) is 30.3 Å². The van der Waals surface area contributed by atoms with Crippen molar-refractivity contribution in [2.75, 3.05) is 6.54 Å². The molecule has 0 saturated heterocycles. The zero-order chi connectivity index (χ0) is 21.3. The van der Waals surface area contributed by atoms with Crippen LogP contribution in [-0.4, -0.2) is 34.6 Å². The maximum atomic E-state index is 12.4. The lowest BCUT2D eigenvalue weighted by molar-refractivity contribution is -0.122. The van der Waals surface area contributed by atoms with Crippen LogP contribution >= 0.6 is 15.9 Å². The molecule has 8 heteroatoms. The van der Waals surface area contributed by atoms with E-state index >= 15 is 0 Å². The molecule has 0 unspecified atom stereocenters. The monoisotopic (exact) mass is 469 g/mol. The van der Waals surface area contributed by atoms with Gasteiger partial charge in [0.15, 0.2) is 0 Å². The first-order chi connectivity index (χ1) is 14.6. The Labute approximate surface area is 184 Å². The summed E-state index contributed by atoms with van der Waals surface area (Å²) < 4.78 is 0.911. The predicted molar refractivity (Wildman–Crippen MR) is 118 cm³/mol. The van der Waals surface area contributed by atoms with E-state index in [1.165, 1.54) is 12.5 Å². The molecule has 1 aliphatic carbocycles. The fourth-order valence-electron chi connectivity index (χ4n) is 3.52. The summed E-state index contributed by atoms with van der Waals surface area (Å²) in [6.45, 7) is 0.181. The maximum absolute atomic E-state index is 12.4. The Kier molecular flexibility index (Phi) is 7.80. The second-order valence-corrected chi connectivity index (χ2v) is 8.20. The van der Waals surface area contributed by atoms with E-state index in [4.69, 9.17) is 0 Å². The highest BCUT2D eigenvalue weighted by Crippen LogP contribution is 2.25. The first-order valence-corrected chi connectivity index (χ1v) is 10.8. The second kappa shape index (κ2) is 10.7. The van der Waals surface area contributed by atoms with Gasteiger partial charge in [-0.1, -0.05) is 47.3 Å². The van der Waals surface area contributed by atoms with Gasteiger partial charge < -0.3 is 10.6 Å². The van der Waals surface area contributed by atoms with Crippen LogP contribution < -0.4 is 10.6 Å². The number of nitrogens with zero attached hydrogens (tertiary/aromatic N) is 2. The number of benzene rings is 1. The number of carbonyl (C=O) groups is 2. The number of hydrogen-bond donors (Lipinski definition) is 3. The van der Waals surface area contributed by atoms with Crippen LogP contribution in [0.15, 0.2) is 40.5 Å². The van der Waals surface area contributed by atoms with Crippen molar-refractivity contribution >= 4 is 33.8 Å². The van der Waals surface area contributed by atoms with E-state index in [1.54, 1.807) is 6.20 Å². The van der Waals surface area contributed by atoms with E-state index < -0.39 is 5.91 Å². The summed E-state index contributed by atoms with van der Waals surface area (Å²) >= 11 is 3.43. The van der Waals surface area contributed by atoms with Gasteiger partial charge in [-0.3, -0.25) is 14.7 Å². The predicted octanol–water partition coefficient (Wildman–Crippen LogP) is 3.70. The molecule has 0 bridgehead atoms. The standard InChI is InChI=1S/C22H24BrN5O2/c23-18-6-4-5-15(12-18)21-17(14-26-28-21)11-16(13-24)22(30)25-10-9-20(29)27-19-7-2-1-3-8-19/h4-6,11-12,14,19H,1-3,7-10H2,(H,25,30)(H,26,28)(H,27,29)/b16-11+. The molecule has 2 amide bonds. The van der Waals surface area contributed by atoms with Crippen molar-refractivity contribution in [1.29, 1.82) is 5.26 Å². The molecule has 1 fully saturated rings. The summed E-state index contributed by atoms with van der Waals surface area (Å²) in [4.78, 5) is 24.5. The summed E-state index contributed by atoms with van der Waals surface area (Å²) in [7, 11) is 0. The normalized spacial score (nSPS) is 14.7. The van der Waals surface area contributed by atoms with Gasteiger partial charge in [0.25, 0.3) is 5.91 Å². The SMILES string of the molecule is N#C/C(=C\c1cn[nH]c1-c1cccc(Br)c1)C(=O)NCCC(=O)NC1CCCCC1. The van der Waals surface area contributed by atoms with Crippen molar-refractivity contribution in [3.8, 4) is 17.3 Å². The van der Waals surface area contributed by atoms with Crippen LogP contribution in [0.25, 0.3) is 17.3 Å². The van der Waals surface area contributed by atoms with Crippen LogP contribution in [0.5, 0.6) is 0 Å². The van der Waals surface area contributed by atoms with Crippen molar-refractivity contribution < 1.29 is 9.59 Å². The van der Waals surface area contributed by atoms with Gasteiger partial charge in [-0.15, -0.1) is 0 Å². The van der Waals surface area contributed by atoms with Gasteiger partial charge in [-0.2, -0.15) is 10.4 Å². The summed E-state index contributed by atoms with van der Waals surface area (Å²) in [5.41, 5.74) is 2.18. The highest BCUT2D eigenvalue weighted by Gasteiger charge is 2.16. The molecule has 0 aliphatic heterocycles. The first kappa shape index (κ1) is 21.8. The second-order valence-electron chi connectivity index (χ2n) is 7.29. The zero-order valence-electron chi connectivity index (χ0n) is 16.6. The van der Waals surface area contributed by atoms with Crippen molar-refractivity contribution in [2.45, 2.75) is 44.6 Å².